The molecule has 2 aromatic rings. The molecule has 0 spiro atoms. The molecule has 1 N–H and O–H groups in total. The summed E-state index contributed by atoms with van der Waals surface area (Å²) in [5, 5.41) is 2.87. The SMILES string of the molecule is COc1ccc(CNc2ccccc2OC(F)F)c(F)c1. The Morgan fingerprint density at radius 2 is 1.90 bits per heavy atom. The molecule has 0 saturated carbocycles. The number of para-hydroxylation sites is 2. The number of hydrogen-bond acceptors (Lipinski definition) is 3. The Bertz CT molecular complexity index is 605. The number of hydrogen-bond donors (Lipinski definition) is 1. The molecule has 0 atom stereocenters. The minimum Gasteiger partial charge on any atom is -0.497 e. The van der Waals surface area contributed by atoms with Gasteiger partial charge in [0.15, 0.2) is 0 Å². The molecule has 0 bridgehead atoms. The maximum absolute atomic E-state index is 13.8. The highest BCUT2D eigenvalue weighted by Gasteiger charge is 2.10. The van der Waals surface area contributed by atoms with E-state index in [2.05, 4.69) is 10.1 Å². The second kappa shape index (κ2) is 6.88. The van der Waals surface area contributed by atoms with Crippen molar-refractivity contribution in [2.75, 3.05) is 12.4 Å². The number of nitrogens with one attached hydrogen (secondary N) is 1. The van der Waals surface area contributed by atoms with Crippen LogP contribution in [-0.2, 0) is 6.54 Å². The Hall–Kier alpha value is -2.37. The molecule has 0 fully saturated rings. The van der Waals surface area contributed by atoms with Crippen molar-refractivity contribution in [3.63, 3.8) is 0 Å². The van der Waals surface area contributed by atoms with Crippen LogP contribution in [0.3, 0.4) is 0 Å². The van der Waals surface area contributed by atoms with Crippen LogP contribution in [0.25, 0.3) is 0 Å². The lowest BCUT2D eigenvalue weighted by Gasteiger charge is -2.13. The summed E-state index contributed by atoms with van der Waals surface area (Å²) in [6.07, 6.45) is 0. The number of methoxy groups -OCH3 is 1. The first-order valence-corrected chi connectivity index (χ1v) is 6.20. The number of alkyl halides is 2. The molecule has 3 nitrogen and oxygen atoms in total. The smallest absolute Gasteiger partial charge is 0.387 e. The van der Waals surface area contributed by atoms with Gasteiger partial charge in [0.1, 0.15) is 17.3 Å². The van der Waals surface area contributed by atoms with Crippen LogP contribution in [0, 0.1) is 5.82 Å². The van der Waals surface area contributed by atoms with Gasteiger partial charge in [-0.25, -0.2) is 4.39 Å². The van der Waals surface area contributed by atoms with Crippen molar-refractivity contribution in [3.8, 4) is 11.5 Å². The normalized spacial score (nSPS) is 10.5. The number of rotatable bonds is 6. The second-order valence-corrected chi connectivity index (χ2v) is 4.19. The van der Waals surface area contributed by atoms with E-state index in [0.29, 0.717) is 17.0 Å². The largest absolute Gasteiger partial charge is 0.497 e. The molecule has 112 valence electrons. The zero-order chi connectivity index (χ0) is 15.2. The van der Waals surface area contributed by atoms with Gasteiger partial charge in [-0.3, -0.25) is 0 Å². The van der Waals surface area contributed by atoms with Crippen LogP contribution >= 0.6 is 0 Å². The lowest BCUT2D eigenvalue weighted by molar-refractivity contribution is -0.0493. The Morgan fingerprint density at radius 1 is 1.14 bits per heavy atom. The quantitative estimate of drug-likeness (QED) is 0.872. The maximum atomic E-state index is 13.8. The predicted octanol–water partition coefficient (Wildman–Crippen LogP) is 4.05. The zero-order valence-corrected chi connectivity index (χ0v) is 11.3. The van der Waals surface area contributed by atoms with E-state index in [1.165, 1.54) is 19.2 Å². The van der Waals surface area contributed by atoms with Crippen LogP contribution in [-0.4, -0.2) is 13.7 Å². The molecule has 0 aromatic heterocycles. The van der Waals surface area contributed by atoms with Crippen LogP contribution in [0.15, 0.2) is 42.5 Å². The van der Waals surface area contributed by atoms with E-state index in [1.54, 1.807) is 30.3 Å². The summed E-state index contributed by atoms with van der Waals surface area (Å²) in [5.41, 5.74) is 0.760. The highest BCUT2D eigenvalue weighted by atomic mass is 19.3. The first-order valence-electron chi connectivity index (χ1n) is 6.20. The summed E-state index contributed by atoms with van der Waals surface area (Å²) in [5.74, 6) is -0.00628. The molecule has 2 aromatic carbocycles. The van der Waals surface area contributed by atoms with Crippen molar-refractivity contribution in [1.29, 1.82) is 0 Å². The van der Waals surface area contributed by atoms with Gasteiger partial charge in [-0.05, 0) is 18.2 Å². The Kier molecular flexibility index (Phi) is 4.92. The molecule has 2 rings (SSSR count). The monoisotopic (exact) mass is 297 g/mol. The van der Waals surface area contributed by atoms with Crippen molar-refractivity contribution in [2.24, 2.45) is 0 Å². The second-order valence-electron chi connectivity index (χ2n) is 4.19. The molecular formula is C15H14F3NO2. The maximum Gasteiger partial charge on any atom is 0.387 e. The molecular weight excluding hydrogens is 283 g/mol. The van der Waals surface area contributed by atoms with Crippen LogP contribution < -0.4 is 14.8 Å². The van der Waals surface area contributed by atoms with E-state index in [1.807, 2.05) is 0 Å². The van der Waals surface area contributed by atoms with Gasteiger partial charge in [0, 0.05) is 18.2 Å². The molecule has 0 heterocycles. The summed E-state index contributed by atoms with van der Waals surface area (Å²) in [7, 11) is 1.45. The van der Waals surface area contributed by atoms with Crippen LogP contribution in [0.2, 0.25) is 0 Å². The van der Waals surface area contributed by atoms with Crippen molar-refractivity contribution in [1.82, 2.24) is 0 Å². The van der Waals surface area contributed by atoms with Gasteiger partial charge in [0.05, 0.1) is 12.8 Å². The third-order valence-electron chi connectivity index (χ3n) is 2.83. The zero-order valence-electron chi connectivity index (χ0n) is 11.3. The first kappa shape index (κ1) is 15.0. The third kappa shape index (κ3) is 4.05. The van der Waals surface area contributed by atoms with Gasteiger partial charge in [-0.1, -0.05) is 18.2 Å². The van der Waals surface area contributed by atoms with Crippen LogP contribution in [0.5, 0.6) is 11.5 Å². The fourth-order valence-electron chi connectivity index (χ4n) is 1.80. The predicted molar refractivity (Wildman–Crippen MR) is 73.4 cm³/mol. The molecule has 6 heteroatoms. The average Bonchev–Trinajstić information content (AvgIpc) is 2.46. The fourth-order valence-corrected chi connectivity index (χ4v) is 1.80. The summed E-state index contributed by atoms with van der Waals surface area (Å²) in [6, 6.07) is 10.7. The number of anilines is 1. The number of halogens is 3. The summed E-state index contributed by atoms with van der Waals surface area (Å²) >= 11 is 0. The van der Waals surface area contributed by atoms with Gasteiger partial charge < -0.3 is 14.8 Å². The molecule has 0 aliphatic heterocycles. The minimum absolute atomic E-state index is 0.0152. The van der Waals surface area contributed by atoms with E-state index >= 15 is 0 Å². The van der Waals surface area contributed by atoms with Crippen molar-refractivity contribution < 1.29 is 22.6 Å². The standard InChI is InChI=1S/C15H14F3NO2/c1-20-11-7-6-10(12(16)8-11)9-19-13-4-2-3-5-14(13)21-15(17)18/h2-8,15,19H,9H2,1H3. The van der Waals surface area contributed by atoms with Gasteiger partial charge in [0.2, 0.25) is 0 Å². The molecule has 0 saturated heterocycles. The summed E-state index contributed by atoms with van der Waals surface area (Å²) in [6.45, 7) is -2.77. The van der Waals surface area contributed by atoms with Gasteiger partial charge in [-0.15, -0.1) is 0 Å². The van der Waals surface area contributed by atoms with Crippen molar-refractivity contribution >= 4 is 5.69 Å². The van der Waals surface area contributed by atoms with E-state index in [9.17, 15) is 13.2 Å². The number of ether oxygens (including phenoxy) is 2. The summed E-state index contributed by atoms with van der Waals surface area (Å²) in [4.78, 5) is 0. The molecule has 0 aliphatic carbocycles. The fraction of sp³-hybridized carbons (Fsp3) is 0.200. The molecule has 0 aliphatic rings. The van der Waals surface area contributed by atoms with Gasteiger partial charge in [0.25, 0.3) is 0 Å². The molecule has 0 amide bonds. The molecule has 0 unspecified atom stereocenters. The lowest BCUT2D eigenvalue weighted by atomic mass is 10.2. The van der Waals surface area contributed by atoms with E-state index < -0.39 is 12.4 Å². The Morgan fingerprint density at radius 3 is 2.57 bits per heavy atom. The lowest BCUT2D eigenvalue weighted by Crippen LogP contribution is -2.07. The third-order valence-corrected chi connectivity index (χ3v) is 2.83. The van der Waals surface area contributed by atoms with Gasteiger partial charge in [-0.2, -0.15) is 8.78 Å². The van der Waals surface area contributed by atoms with Crippen molar-refractivity contribution in [2.45, 2.75) is 13.2 Å². The van der Waals surface area contributed by atoms with E-state index in [4.69, 9.17) is 4.74 Å². The highest BCUT2D eigenvalue weighted by molar-refractivity contribution is 5.56. The average molecular weight is 297 g/mol. The molecule has 21 heavy (non-hydrogen) atoms. The van der Waals surface area contributed by atoms with Gasteiger partial charge >= 0.3 is 6.61 Å². The minimum atomic E-state index is -2.91. The number of benzene rings is 2. The topological polar surface area (TPSA) is 30.5 Å². The first-order chi connectivity index (χ1) is 10.1. The van der Waals surface area contributed by atoms with Crippen LogP contribution in [0.1, 0.15) is 5.56 Å². The summed E-state index contributed by atoms with van der Waals surface area (Å²) < 4.78 is 47.7. The van der Waals surface area contributed by atoms with E-state index in [-0.39, 0.29) is 12.3 Å². The molecule has 0 radical (unpaired) electrons. The van der Waals surface area contributed by atoms with E-state index in [0.717, 1.165) is 0 Å². The van der Waals surface area contributed by atoms with Crippen molar-refractivity contribution in [3.05, 3.63) is 53.8 Å². The Labute approximate surface area is 120 Å². The highest BCUT2D eigenvalue weighted by Crippen LogP contribution is 2.26. The van der Waals surface area contributed by atoms with Crippen LogP contribution in [0.4, 0.5) is 18.9 Å². The Balaban J connectivity index is 2.09.